The third-order valence-corrected chi connectivity index (χ3v) is 5.02. The maximum Gasteiger partial charge on any atom is 0.124 e. The van der Waals surface area contributed by atoms with Crippen LogP contribution in [0.3, 0.4) is 0 Å². The lowest BCUT2D eigenvalue weighted by Gasteiger charge is -2.06. The zero-order valence-electron chi connectivity index (χ0n) is 12.1. The molecule has 1 heterocycles. The fraction of sp³-hybridized carbons (Fsp3) is 0. The smallest absolute Gasteiger partial charge is 0.124 e. The van der Waals surface area contributed by atoms with E-state index < -0.39 is 0 Å². The van der Waals surface area contributed by atoms with Gasteiger partial charge in [0.25, 0.3) is 0 Å². The number of thiophene rings is 1. The Balaban J connectivity index is 2.05. The van der Waals surface area contributed by atoms with Gasteiger partial charge in [-0.2, -0.15) is 0 Å². The Kier molecular flexibility index (Phi) is 3.43. The fourth-order valence-electron chi connectivity index (χ4n) is 2.77. The summed E-state index contributed by atoms with van der Waals surface area (Å²) in [5.74, 6) is -0.510. The van der Waals surface area contributed by atoms with Gasteiger partial charge in [-0.25, -0.2) is 8.78 Å². The van der Waals surface area contributed by atoms with Crippen molar-refractivity contribution in [2.45, 2.75) is 0 Å². The molecule has 0 aliphatic heterocycles. The number of fused-ring (bicyclic) bond motifs is 1. The van der Waals surface area contributed by atoms with E-state index in [9.17, 15) is 8.78 Å². The van der Waals surface area contributed by atoms with E-state index in [1.807, 2.05) is 30.3 Å². The Morgan fingerprint density at radius 2 is 1.35 bits per heavy atom. The lowest BCUT2D eigenvalue weighted by molar-refractivity contribution is 0.628. The van der Waals surface area contributed by atoms with Gasteiger partial charge in [-0.1, -0.05) is 42.5 Å². The lowest BCUT2D eigenvalue weighted by Crippen LogP contribution is -1.82. The molecular formula is C20H12F2S. The highest BCUT2D eigenvalue weighted by molar-refractivity contribution is 7.23. The molecule has 1 aromatic heterocycles. The predicted molar refractivity (Wildman–Crippen MR) is 92.6 cm³/mol. The summed E-state index contributed by atoms with van der Waals surface area (Å²) in [7, 11) is 0. The second kappa shape index (κ2) is 5.60. The fourth-order valence-corrected chi connectivity index (χ4v) is 4.02. The zero-order valence-corrected chi connectivity index (χ0v) is 12.9. The molecule has 0 amide bonds. The first kappa shape index (κ1) is 14.1. The van der Waals surface area contributed by atoms with E-state index in [1.54, 1.807) is 35.6 Å². The van der Waals surface area contributed by atoms with Crippen molar-refractivity contribution in [3.63, 3.8) is 0 Å². The second-order valence-electron chi connectivity index (χ2n) is 5.32. The van der Waals surface area contributed by atoms with Crippen molar-refractivity contribution in [2.75, 3.05) is 0 Å². The molecular weight excluding hydrogens is 310 g/mol. The second-order valence-corrected chi connectivity index (χ2v) is 6.37. The molecule has 0 aliphatic carbocycles. The zero-order chi connectivity index (χ0) is 15.8. The van der Waals surface area contributed by atoms with Crippen LogP contribution in [0.1, 0.15) is 0 Å². The quantitative estimate of drug-likeness (QED) is 0.394. The Labute approximate surface area is 136 Å². The molecule has 23 heavy (non-hydrogen) atoms. The van der Waals surface area contributed by atoms with Crippen molar-refractivity contribution in [3.8, 4) is 21.6 Å². The largest absolute Gasteiger partial charge is 0.207 e. The van der Waals surface area contributed by atoms with Crippen molar-refractivity contribution < 1.29 is 8.78 Å². The van der Waals surface area contributed by atoms with E-state index >= 15 is 0 Å². The highest BCUT2D eigenvalue weighted by Gasteiger charge is 2.16. The summed E-state index contributed by atoms with van der Waals surface area (Å²) in [4.78, 5) is 1.07. The van der Waals surface area contributed by atoms with Crippen LogP contribution >= 0.6 is 11.3 Å². The SMILES string of the molecule is Fc1ccc(-c2c(-c3ccccc3)sc3cc(F)ccc23)cc1. The highest BCUT2D eigenvalue weighted by atomic mass is 32.1. The number of benzene rings is 3. The summed E-state index contributed by atoms with van der Waals surface area (Å²) in [6.07, 6.45) is 0. The molecule has 0 unspecified atom stereocenters. The molecule has 4 aromatic rings. The Morgan fingerprint density at radius 1 is 0.652 bits per heavy atom. The average molecular weight is 322 g/mol. The summed E-state index contributed by atoms with van der Waals surface area (Å²) in [5.41, 5.74) is 3.03. The average Bonchev–Trinajstić information content (AvgIpc) is 2.95. The van der Waals surface area contributed by atoms with Crippen LogP contribution < -0.4 is 0 Å². The van der Waals surface area contributed by atoms with Crippen LogP contribution in [0, 0.1) is 11.6 Å². The van der Waals surface area contributed by atoms with Crippen LogP contribution in [-0.4, -0.2) is 0 Å². The van der Waals surface area contributed by atoms with E-state index in [4.69, 9.17) is 0 Å². The molecule has 0 N–H and O–H groups in total. The third-order valence-electron chi connectivity index (χ3n) is 3.82. The van der Waals surface area contributed by atoms with Crippen molar-refractivity contribution in [2.24, 2.45) is 0 Å². The maximum absolute atomic E-state index is 13.6. The molecule has 3 heteroatoms. The van der Waals surface area contributed by atoms with E-state index in [2.05, 4.69) is 0 Å². The normalized spacial score (nSPS) is 11.0. The summed E-state index contributed by atoms with van der Waals surface area (Å²) in [6.45, 7) is 0. The van der Waals surface area contributed by atoms with E-state index in [1.165, 1.54) is 18.2 Å². The van der Waals surface area contributed by atoms with Gasteiger partial charge < -0.3 is 0 Å². The molecule has 0 saturated carbocycles. The van der Waals surface area contributed by atoms with E-state index in [0.717, 1.165) is 31.7 Å². The van der Waals surface area contributed by atoms with Gasteiger partial charge in [0.15, 0.2) is 0 Å². The summed E-state index contributed by atoms with van der Waals surface area (Å²) < 4.78 is 27.8. The monoisotopic (exact) mass is 322 g/mol. The molecule has 112 valence electrons. The Bertz CT molecular complexity index is 970. The first-order valence-corrected chi connectivity index (χ1v) is 8.07. The first-order valence-electron chi connectivity index (χ1n) is 7.26. The van der Waals surface area contributed by atoms with E-state index in [0.29, 0.717) is 0 Å². The van der Waals surface area contributed by atoms with Gasteiger partial charge in [0, 0.05) is 20.5 Å². The molecule has 0 aliphatic rings. The van der Waals surface area contributed by atoms with Crippen LogP contribution in [0.5, 0.6) is 0 Å². The Hall–Kier alpha value is -2.52. The standard InChI is InChI=1S/C20H12F2S/c21-15-8-6-13(7-9-15)19-17-11-10-16(22)12-18(17)23-20(19)14-4-2-1-3-5-14/h1-12H. The van der Waals surface area contributed by atoms with Crippen molar-refractivity contribution in [3.05, 3.63) is 84.4 Å². The van der Waals surface area contributed by atoms with Crippen LogP contribution in [0.15, 0.2) is 72.8 Å². The van der Waals surface area contributed by atoms with Crippen molar-refractivity contribution >= 4 is 21.4 Å². The topological polar surface area (TPSA) is 0 Å². The lowest BCUT2D eigenvalue weighted by atomic mass is 9.99. The molecule has 0 fully saturated rings. The van der Waals surface area contributed by atoms with Gasteiger partial charge in [0.2, 0.25) is 0 Å². The van der Waals surface area contributed by atoms with Crippen LogP contribution in [0.25, 0.3) is 31.7 Å². The molecule has 0 nitrogen and oxygen atoms in total. The van der Waals surface area contributed by atoms with Crippen LogP contribution in [0.2, 0.25) is 0 Å². The molecule has 0 saturated heterocycles. The predicted octanol–water partition coefficient (Wildman–Crippen LogP) is 6.51. The Morgan fingerprint density at radius 3 is 2.09 bits per heavy atom. The minimum Gasteiger partial charge on any atom is -0.207 e. The van der Waals surface area contributed by atoms with Crippen LogP contribution in [-0.2, 0) is 0 Å². The summed E-state index contributed by atoms with van der Waals surface area (Å²) >= 11 is 1.56. The molecule has 0 radical (unpaired) electrons. The molecule has 4 rings (SSSR count). The minimum absolute atomic E-state index is 0.246. The highest BCUT2D eigenvalue weighted by Crippen LogP contribution is 2.44. The summed E-state index contributed by atoms with van der Waals surface area (Å²) in [5, 5.41) is 0.988. The van der Waals surface area contributed by atoms with Gasteiger partial charge in [0.1, 0.15) is 11.6 Å². The van der Waals surface area contributed by atoms with Crippen molar-refractivity contribution in [1.29, 1.82) is 0 Å². The molecule has 3 aromatic carbocycles. The van der Waals surface area contributed by atoms with Gasteiger partial charge >= 0.3 is 0 Å². The maximum atomic E-state index is 13.6. The van der Waals surface area contributed by atoms with Crippen LogP contribution in [0.4, 0.5) is 8.78 Å². The molecule has 0 spiro atoms. The minimum atomic E-state index is -0.263. The summed E-state index contributed by atoms with van der Waals surface area (Å²) in [6, 6.07) is 21.3. The van der Waals surface area contributed by atoms with Crippen molar-refractivity contribution in [1.82, 2.24) is 0 Å². The first-order chi connectivity index (χ1) is 11.2. The molecule has 0 bridgehead atoms. The number of halogens is 2. The molecule has 0 atom stereocenters. The van der Waals surface area contributed by atoms with Gasteiger partial charge in [-0.3, -0.25) is 0 Å². The number of hydrogen-bond donors (Lipinski definition) is 0. The number of rotatable bonds is 2. The van der Waals surface area contributed by atoms with Gasteiger partial charge in [0.05, 0.1) is 0 Å². The number of hydrogen-bond acceptors (Lipinski definition) is 1. The van der Waals surface area contributed by atoms with E-state index in [-0.39, 0.29) is 11.6 Å². The van der Waals surface area contributed by atoms with Gasteiger partial charge in [-0.15, -0.1) is 11.3 Å². The third kappa shape index (κ3) is 2.53. The van der Waals surface area contributed by atoms with Gasteiger partial charge in [-0.05, 0) is 41.5 Å².